The minimum Gasteiger partial charge on any atom is -0.206 e. The lowest BCUT2D eigenvalue weighted by Crippen LogP contribution is -1.80. The van der Waals surface area contributed by atoms with Gasteiger partial charge in [-0.25, -0.2) is 4.39 Å². The van der Waals surface area contributed by atoms with Crippen LogP contribution in [0.15, 0.2) is 34.8 Å². The Morgan fingerprint density at radius 3 is 2.77 bits per heavy atom. The molecule has 13 heavy (non-hydrogen) atoms. The molecule has 0 unspecified atom stereocenters. The first-order chi connectivity index (χ1) is 6.18. The van der Waals surface area contributed by atoms with Crippen molar-refractivity contribution >= 4 is 38.3 Å². The molecule has 0 nitrogen and oxygen atoms in total. The fourth-order valence-corrected chi connectivity index (χ4v) is 2.32. The molecule has 0 spiro atoms. The van der Waals surface area contributed by atoms with E-state index in [4.69, 9.17) is 11.6 Å². The first-order valence-corrected chi connectivity index (χ1v) is 4.89. The molecule has 0 aliphatic heterocycles. The van der Waals surface area contributed by atoms with E-state index in [2.05, 4.69) is 15.9 Å². The smallest absolute Gasteiger partial charge is 0.132 e. The third-order valence-electron chi connectivity index (χ3n) is 1.84. The van der Waals surface area contributed by atoms with Crippen molar-refractivity contribution in [2.45, 2.75) is 0 Å². The normalized spacial score (nSPS) is 10.7. The second kappa shape index (κ2) is 3.28. The highest BCUT2D eigenvalue weighted by atomic mass is 79.9. The highest BCUT2D eigenvalue weighted by molar-refractivity contribution is 9.10. The van der Waals surface area contributed by atoms with E-state index < -0.39 is 0 Å². The van der Waals surface area contributed by atoms with E-state index in [9.17, 15) is 4.39 Å². The number of hydrogen-bond acceptors (Lipinski definition) is 0. The number of fused-ring (bicyclic) bond motifs is 1. The van der Waals surface area contributed by atoms with Crippen LogP contribution in [0.3, 0.4) is 0 Å². The maximum Gasteiger partial charge on any atom is 0.132 e. The van der Waals surface area contributed by atoms with Gasteiger partial charge < -0.3 is 0 Å². The summed E-state index contributed by atoms with van der Waals surface area (Å²) in [6, 6.07) is 8.36. The summed E-state index contributed by atoms with van der Waals surface area (Å²) in [7, 11) is 0. The summed E-state index contributed by atoms with van der Waals surface area (Å²) in [5.41, 5.74) is 0. The summed E-state index contributed by atoms with van der Waals surface area (Å²) in [6.45, 7) is 0. The zero-order chi connectivity index (χ0) is 9.42. The number of rotatable bonds is 0. The Balaban J connectivity index is 2.94. The van der Waals surface area contributed by atoms with Crippen molar-refractivity contribution in [3.63, 3.8) is 0 Å². The van der Waals surface area contributed by atoms with Crippen LogP contribution in [0.4, 0.5) is 4.39 Å². The third kappa shape index (κ3) is 1.56. The molecule has 66 valence electrons. The molecule has 0 amide bonds. The zero-order valence-electron chi connectivity index (χ0n) is 6.52. The van der Waals surface area contributed by atoms with Crippen molar-refractivity contribution in [1.29, 1.82) is 0 Å². The fraction of sp³-hybridized carbons (Fsp3) is 0. The molecule has 0 N–H and O–H groups in total. The molecule has 0 aromatic heterocycles. The van der Waals surface area contributed by atoms with Crippen LogP contribution in [-0.4, -0.2) is 0 Å². The zero-order valence-corrected chi connectivity index (χ0v) is 8.86. The van der Waals surface area contributed by atoms with Crippen LogP contribution >= 0.6 is 27.5 Å². The van der Waals surface area contributed by atoms with Gasteiger partial charge in [-0.15, -0.1) is 0 Å². The Labute approximate surface area is 88.4 Å². The van der Waals surface area contributed by atoms with E-state index in [-0.39, 0.29) is 5.82 Å². The van der Waals surface area contributed by atoms with Gasteiger partial charge in [0.25, 0.3) is 0 Å². The minimum absolute atomic E-state index is 0.235. The van der Waals surface area contributed by atoms with E-state index in [1.165, 1.54) is 6.07 Å². The molecule has 0 aliphatic carbocycles. The summed E-state index contributed by atoms with van der Waals surface area (Å²) in [5, 5.41) is 1.98. The van der Waals surface area contributed by atoms with Crippen molar-refractivity contribution < 1.29 is 4.39 Å². The Bertz CT molecular complexity index is 468. The molecule has 2 rings (SSSR count). The highest BCUT2D eigenvalue weighted by Crippen LogP contribution is 2.29. The van der Waals surface area contributed by atoms with Gasteiger partial charge >= 0.3 is 0 Å². The highest BCUT2D eigenvalue weighted by Gasteiger charge is 2.04. The first kappa shape index (κ1) is 8.97. The number of hydrogen-bond donors (Lipinski definition) is 0. The van der Waals surface area contributed by atoms with Crippen LogP contribution < -0.4 is 0 Å². The van der Waals surface area contributed by atoms with Crippen molar-refractivity contribution in [2.75, 3.05) is 0 Å². The van der Waals surface area contributed by atoms with E-state index in [1.54, 1.807) is 18.2 Å². The van der Waals surface area contributed by atoms with E-state index in [0.29, 0.717) is 14.9 Å². The van der Waals surface area contributed by atoms with Gasteiger partial charge in [-0.3, -0.25) is 0 Å². The molecule has 0 atom stereocenters. The van der Waals surface area contributed by atoms with Crippen LogP contribution in [0.1, 0.15) is 0 Å². The molecule has 3 heteroatoms. The largest absolute Gasteiger partial charge is 0.206 e. The van der Waals surface area contributed by atoms with E-state index >= 15 is 0 Å². The van der Waals surface area contributed by atoms with Gasteiger partial charge in [-0.05, 0) is 39.5 Å². The first-order valence-electron chi connectivity index (χ1n) is 3.72. The summed E-state index contributed by atoms with van der Waals surface area (Å²) in [5.74, 6) is -0.235. The molecule has 0 bridgehead atoms. The monoisotopic (exact) mass is 258 g/mol. The molecule has 0 heterocycles. The molecule has 0 fully saturated rings. The summed E-state index contributed by atoms with van der Waals surface area (Å²) in [4.78, 5) is 0. The topological polar surface area (TPSA) is 0 Å². The quantitative estimate of drug-likeness (QED) is 0.658. The lowest BCUT2D eigenvalue weighted by molar-refractivity contribution is 0.639. The number of benzene rings is 2. The van der Waals surface area contributed by atoms with E-state index in [0.717, 1.165) is 5.39 Å². The predicted molar refractivity (Wildman–Crippen MR) is 56.6 cm³/mol. The molecular weight excluding hydrogens is 254 g/mol. The Hall–Kier alpha value is -0.600. The number of halogens is 3. The minimum atomic E-state index is -0.235. The van der Waals surface area contributed by atoms with Gasteiger partial charge in [0.15, 0.2) is 0 Å². The summed E-state index contributed by atoms with van der Waals surface area (Å²) < 4.78 is 14.0. The second-order valence-corrected chi connectivity index (χ2v) is 4.02. The van der Waals surface area contributed by atoms with Gasteiger partial charge in [0.1, 0.15) is 5.82 Å². The van der Waals surface area contributed by atoms with Crippen molar-refractivity contribution in [2.24, 2.45) is 0 Å². The van der Waals surface area contributed by atoms with Gasteiger partial charge in [-0.2, -0.15) is 0 Å². The molecule has 0 radical (unpaired) electrons. The van der Waals surface area contributed by atoms with Crippen LogP contribution in [-0.2, 0) is 0 Å². The SMILES string of the molecule is Fc1cccc2cc(Cl)cc(Br)c12. The second-order valence-electron chi connectivity index (χ2n) is 2.73. The molecule has 0 aliphatic rings. The van der Waals surface area contributed by atoms with Gasteiger partial charge in [0, 0.05) is 14.9 Å². The lowest BCUT2D eigenvalue weighted by atomic mass is 10.1. The summed E-state index contributed by atoms with van der Waals surface area (Å²) >= 11 is 9.10. The standard InChI is InChI=1S/C10H5BrClF/c11-8-5-7(12)4-6-2-1-3-9(13)10(6)8/h1-5H. The summed E-state index contributed by atoms with van der Waals surface area (Å²) in [6.07, 6.45) is 0. The average Bonchev–Trinajstić information content (AvgIpc) is 2.02. The van der Waals surface area contributed by atoms with Crippen molar-refractivity contribution in [3.05, 3.63) is 45.6 Å². The van der Waals surface area contributed by atoms with Gasteiger partial charge in [-0.1, -0.05) is 23.7 Å². The van der Waals surface area contributed by atoms with Crippen LogP contribution in [0.5, 0.6) is 0 Å². The predicted octanol–water partition coefficient (Wildman–Crippen LogP) is 4.39. The van der Waals surface area contributed by atoms with Crippen molar-refractivity contribution in [1.82, 2.24) is 0 Å². The lowest BCUT2D eigenvalue weighted by Gasteiger charge is -2.02. The Morgan fingerprint density at radius 1 is 1.23 bits per heavy atom. The maximum absolute atomic E-state index is 13.3. The molecule has 0 saturated carbocycles. The third-order valence-corrected chi connectivity index (χ3v) is 2.69. The maximum atomic E-state index is 13.3. The van der Waals surface area contributed by atoms with Crippen LogP contribution in [0, 0.1) is 5.82 Å². The van der Waals surface area contributed by atoms with Crippen LogP contribution in [0.25, 0.3) is 10.8 Å². The Morgan fingerprint density at radius 2 is 2.00 bits per heavy atom. The average molecular weight is 260 g/mol. The van der Waals surface area contributed by atoms with Gasteiger partial charge in [0.05, 0.1) is 0 Å². The van der Waals surface area contributed by atoms with Crippen LogP contribution in [0.2, 0.25) is 5.02 Å². The fourth-order valence-electron chi connectivity index (χ4n) is 1.30. The molecule has 0 saturated heterocycles. The molecular formula is C10H5BrClF. The van der Waals surface area contributed by atoms with E-state index in [1.807, 2.05) is 6.07 Å². The molecule has 2 aromatic carbocycles. The van der Waals surface area contributed by atoms with Crippen molar-refractivity contribution in [3.8, 4) is 0 Å². The molecule has 2 aromatic rings. The van der Waals surface area contributed by atoms with Gasteiger partial charge in [0.2, 0.25) is 0 Å². The Kier molecular flexibility index (Phi) is 2.26.